The molecule has 2 nitrogen and oxygen atoms in total. The fourth-order valence-corrected chi connectivity index (χ4v) is 7.81. The van der Waals surface area contributed by atoms with Crippen LogP contribution in [0.3, 0.4) is 0 Å². The van der Waals surface area contributed by atoms with Gasteiger partial charge in [-0.3, -0.25) is 0 Å². The van der Waals surface area contributed by atoms with Gasteiger partial charge in [-0.25, -0.2) is 0 Å². The largest absolute Gasteiger partial charge is 0.311 e. The zero-order chi connectivity index (χ0) is 41.8. The minimum atomic E-state index is 0.920. The number of benzene rings is 9. The zero-order valence-corrected chi connectivity index (χ0v) is 34.7. The molecule has 0 spiro atoms. The number of anilines is 6. The van der Waals surface area contributed by atoms with Gasteiger partial charge < -0.3 is 9.80 Å². The fourth-order valence-electron chi connectivity index (χ4n) is 7.81. The molecule has 0 aliphatic rings. The first-order valence-electron chi connectivity index (χ1n) is 21.3. The standard InChI is InChI=1S/C60H48N2/c1-5-13-51(14-6-1)45-53-33-41-59(42-34-53)61(55-17-9-3-10-18-55)57-37-29-49(30-38-57)27-25-47-21-23-48(24-22-47)26-28-50-31-39-58(40-32-50)62(56-19-11-4-12-20-56)60-43-35-54(36-44-60)46-52-15-7-2-8-16-52/h1-44H,45-46H2. The van der Waals surface area contributed by atoms with E-state index in [1.54, 1.807) is 0 Å². The molecule has 0 aliphatic heterocycles. The van der Waals surface area contributed by atoms with Gasteiger partial charge in [-0.05, 0) is 130 Å². The first-order chi connectivity index (χ1) is 30.7. The summed E-state index contributed by atoms with van der Waals surface area (Å²) in [6, 6.07) is 86.5. The molecule has 9 aromatic carbocycles. The SMILES string of the molecule is C(=Cc1ccc(N(c2ccccc2)c2ccc(Cc3ccccc3)cc2)cc1)c1ccc(C=Cc2ccc(N(c3ccccc3)c3ccc(Cc4ccccc4)cc3)cc2)cc1. The summed E-state index contributed by atoms with van der Waals surface area (Å²) in [7, 11) is 0. The van der Waals surface area contributed by atoms with Crippen LogP contribution in [0.5, 0.6) is 0 Å². The Morgan fingerprint density at radius 3 is 0.710 bits per heavy atom. The summed E-state index contributed by atoms with van der Waals surface area (Å²) in [5.74, 6) is 0. The molecule has 298 valence electrons. The first-order valence-corrected chi connectivity index (χ1v) is 21.3. The lowest BCUT2D eigenvalue weighted by Gasteiger charge is -2.25. The van der Waals surface area contributed by atoms with Crippen molar-refractivity contribution >= 4 is 58.4 Å². The Kier molecular flexibility index (Phi) is 12.4. The summed E-state index contributed by atoms with van der Waals surface area (Å²) in [5, 5.41) is 0. The van der Waals surface area contributed by atoms with Crippen molar-refractivity contribution in [3.8, 4) is 0 Å². The van der Waals surface area contributed by atoms with Gasteiger partial charge in [-0.15, -0.1) is 0 Å². The lowest BCUT2D eigenvalue weighted by atomic mass is 10.0. The summed E-state index contributed by atoms with van der Waals surface area (Å²) < 4.78 is 0. The Balaban J connectivity index is 0.845. The summed E-state index contributed by atoms with van der Waals surface area (Å²) in [5.41, 5.74) is 16.6. The summed E-state index contributed by atoms with van der Waals surface area (Å²) in [6.45, 7) is 0. The normalized spacial score (nSPS) is 11.2. The molecule has 2 heteroatoms. The van der Waals surface area contributed by atoms with Gasteiger partial charge in [-0.2, -0.15) is 0 Å². The van der Waals surface area contributed by atoms with Gasteiger partial charge in [0.25, 0.3) is 0 Å². The maximum absolute atomic E-state index is 2.31. The van der Waals surface area contributed by atoms with Crippen LogP contribution in [0, 0.1) is 0 Å². The van der Waals surface area contributed by atoms with Crippen molar-refractivity contribution in [1.29, 1.82) is 0 Å². The number of nitrogens with zero attached hydrogens (tertiary/aromatic N) is 2. The molecule has 0 saturated heterocycles. The highest BCUT2D eigenvalue weighted by Gasteiger charge is 2.14. The minimum absolute atomic E-state index is 0.920. The van der Waals surface area contributed by atoms with E-state index < -0.39 is 0 Å². The molecule has 0 radical (unpaired) electrons. The van der Waals surface area contributed by atoms with E-state index in [-0.39, 0.29) is 0 Å². The van der Waals surface area contributed by atoms with E-state index >= 15 is 0 Å². The third kappa shape index (κ3) is 10.1. The topological polar surface area (TPSA) is 6.48 Å². The zero-order valence-electron chi connectivity index (χ0n) is 34.7. The molecule has 9 rings (SSSR count). The van der Waals surface area contributed by atoms with E-state index in [0.717, 1.165) is 69.2 Å². The molecule has 0 aromatic heterocycles. The molecule has 0 aliphatic carbocycles. The van der Waals surface area contributed by atoms with E-state index in [2.05, 4.69) is 277 Å². The Hall–Kier alpha value is -7.94. The van der Waals surface area contributed by atoms with Gasteiger partial charge >= 0.3 is 0 Å². The smallest absolute Gasteiger partial charge is 0.0462 e. The van der Waals surface area contributed by atoms with Crippen LogP contribution in [0.1, 0.15) is 44.5 Å². The van der Waals surface area contributed by atoms with Crippen LogP contribution in [-0.4, -0.2) is 0 Å². The molecule has 62 heavy (non-hydrogen) atoms. The molecule has 0 N–H and O–H groups in total. The van der Waals surface area contributed by atoms with E-state index in [0.29, 0.717) is 0 Å². The highest BCUT2D eigenvalue weighted by molar-refractivity contribution is 5.80. The molecule has 0 unspecified atom stereocenters. The Bertz CT molecular complexity index is 2610. The minimum Gasteiger partial charge on any atom is -0.311 e. The van der Waals surface area contributed by atoms with Gasteiger partial charge in [0.05, 0.1) is 0 Å². The highest BCUT2D eigenvalue weighted by Crippen LogP contribution is 2.36. The van der Waals surface area contributed by atoms with Gasteiger partial charge in [0.2, 0.25) is 0 Å². The van der Waals surface area contributed by atoms with Crippen LogP contribution < -0.4 is 9.80 Å². The van der Waals surface area contributed by atoms with E-state index in [1.165, 1.54) is 22.3 Å². The second kappa shape index (κ2) is 19.4. The molecular formula is C60H48N2. The monoisotopic (exact) mass is 796 g/mol. The number of hydrogen-bond donors (Lipinski definition) is 0. The number of rotatable bonds is 14. The van der Waals surface area contributed by atoms with Crippen molar-refractivity contribution in [3.63, 3.8) is 0 Å². The third-order valence-electron chi connectivity index (χ3n) is 11.1. The van der Waals surface area contributed by atoms with Crippen LogP contribution in [0.15, 0.2) is 243 Å². The second-order valence-electron chi connectivity index (χ2n) is 15.5. The van der Waals surface area contributed by atoms with Crippen LogP contribution in [-0.2, 0) is 12.8 Å². The predicted octanol–water partition coefficient (Wildman–Crippen LogP) is 16.1. The molecule has 9 aromatic rings. The summed E-state index contributed by atoms with van der Waals surface area (Å²) in [6.07, 6.45) is 10.6. The predicted molar refractivity (Wildman–Crippen MR) is 265 cm³/mol. The van der Waals surface area contributed by atoms with Crippen molar-refractivity contribution in [3.05, 3.63) is 287 Å². The quantitative estimate of drug-likeness (QED) is 0.101. The Labute approximate surface area is 366 Å². The lowest BCUT2D eigenvalue weighted by molar-refractivity contribution is 1.18. The van der Waals surface area contributed by atoms with Crippen LogP contribution in [0.2, 0.25) is 0 Å². The van der Waals surface area contributed by atoms with Crippen molar-refractivity contribution in [2.45, 2.75) is 12.8 Å². The van der Waals surface area contributed by atoms with Crippen LogP contribution >= 0.6 is 0 Å². The van der Waals surface area contributed by atoms with Gasteiger partial charge in [0.15, 0.2) is 0 Å². The summed E-state index contributed by atoms with van der Waals surface area (Å²) in [4.78, 5) is 4.62. The Morgan fingerprint density at radius 1 is 0.210 bits per heavy atom. The third-order valence-corrected chi connectivity index (χ3v) is 11.1. The maximum Gasteiger partial charge on any atom is 0.0462 e. The van der Waals surface area contributed by atoms with Crippen LogP contribution in [0.25, 0.3) is 24.3 Å². The fraction of sp³-hybridized carbons (Fsp3) is 0.0333. The molecule has 0 saturated carbocycles. The molecule has 0 bridgehead atoms. The molecule has 0 amide bonds. The molecule has 0 heterocycles. The van der Waals surface area contributed by atoms with Crippen molar-refractivity contribution < 1.29 is 0 Å². The first kappa shape index (κ1) is 39.5. The van der Waals surface area contributed by atoms with Gasteiger partial charge in [0.1, 0.15) is 0 Å². The lowest BCUT2D eigenvalue weighted by Crippen LogP contribution is -2.09. The maximum atomic E-state index is 2.31. The van der Waals surface area contributed by atoms with Crippen molar-refractivity contribution in [1.82, 2.24) is 0 Å². The highest BCUT2D eigenvalue weighted by atomic mass is 15.1. The average Bonchev–Trinajstić information content (AvgIpc) is 3.34. The molecule has 0 atom stereocenters. The number of hydrogen-bond acceptors (Lipinski definition) is 2. The van der Waals surface area contributed by atoms with E-state index in [9.17, 15) is 0 Å². The summed E-state index contributed by atoms with van der Waals surface area (Å²) >= 11 is 0. The van der Waals surface area contributed by atoms with Crippen molar-refractivity contribution in [2.75, 3.05) is 9.80 Å². The molecule has 0 fully saturated rings. The Morgan fingerprint density at radius 2 is 0.419 bits per heavy atom. The van der Waals surface area contributed by atoms with Gasteiger partial charge in [0, 0.05) is 34.1 Å². The molecular weight excluding hydrogens is 749 g/mol. The van der Waals surface area contributed by atoms with Crippen LogP contribution in [0.4, 0.5) is 34.1 Å². The van der Waals surface area contributed by atoms with E-state index in [1.807, 2.05) is 0 Å². The average molecular weight is 797 g/mol. The second-order valence-corrected chi connectivity index (χ2v) is 15.5. The van der Waals surface area contributed by atoms with Crippen molar-refractivity contribution in [2.24, 2.45) is 0 Å². The van der Waals surface area contributed by atoms with Gasteiger partial charge in [-0.1, -0.05) is 194 Å². The number of para-hydroxylation sites is 2. The van der Waals surface area contributed by atoms with E-state index in [4.69, 9.17) is 0 Å².